The van der Waals surface area contributed by atoms with Gasteiger partial charge in [-0.1, -0.05) is 25.1 Å². The Morgan fingerprint density at radius 1 is 1.05 bits per heavy atom. The minimum Gasteiger partial charge on any atom is -0.376 e. The first-order chi connectivity index (χ1) is 10.6. The number of hydrogen-bond donors (Lipinski definition) is 3. The minimum absolute atomic E-state index is 0.125. The van der Waals surface area contributed by atoms with Gasteiger partial charge in [-0.15, -0.1) is 0 Å². The molecule has 4 N–H and O–H groups in total. The maximum atomic E-state index is 12.0. The second-order valence-corrected chi connectivity index (χ2v) is 4.85. The largest absolute Gasteiger partial charge is 0.376 e. The van der Waals surface area contributed by atoms with Crippen LogP contribution >= 0.6 is 0 Å². The van der Waals surface area contributed by atoms with Crippen LogP contribution in [-0.2, 0) is 11.2 Å². The highest BCUT2D eigenvalue weighted by molar-refractivity contribution is 5.95. The average molecular weight is 297 g/mol. The van der Waals surface area contributed by atoms with E-state index >= 15 is 0 Å². The predicted octanol–water partition coefficient (Wildman–Crippen LogP) is 2.40. The molecule has 0 unspecified atom stereocenters. The van der Waals surface area contributed by atoms with Crippen LogP contribution in [0.1, 0.15) is 22.8 Å². The molecule has 114 valence electrons. The van der Waals surface area contributed by atoms with E-state index in [9.17, 15) is 9.59 Å². The summed E-state index contributed by atoms with van der Waals surface area (Å²) >= 11 is 0. The number of rotatable bonds is 6. The van der Waals surface area contributed by atoms with Gasteiger partial charge in [-0.25, -0.2) is 0 Å². The molecule has 0 saturated heterocycles. The molecule has 5 heteroatoms. The van der Waals surface area contributed by atoms with Gasteiger partial charge in [0.2, 0.25) is 11.8 Å². The van der Waals surface area contributed by atoms with Gasteiger partial charge in [-0.05, 0) is 42.3 Å². The number of carbonyl (C=O) groups is 2. The minimum atomic E-state index is -0.472. The topological polar surface area (TPSA) is 84.2 Å². The number of nitrogens with two attached hydrogens (primary N) is 1. The fourth-order valence-corrected chi connectivity index (χ4v) is 2.08. The summed E-state index contributed by atoms with van der Waals surface area (Å²) in [5, 5.41) is 5.89. The highest BCUT2D eigenvalue weighted by Gasteiger charge is 2.06. The van der Waals surface area contributed by atoms with Crippen LogP contribution in [0.5, 0.6) is 0 Å². The Morgan fingerprint density at radius 2 is 1.73 bits per heavy atom. The summed E-state index contributed by atoms with van der Waals surface area (Å²) in [5.74, 6) is -0.597. The van der Waals surface area contributed by atoms with Crippen molar-refractivity contribution < 1.29 is 9.59 Å². The molecule has 2 rings (SSSR count). The number of hydrogen-bond acceptors (Lipinski definition) is 3. The number of carbonyl (C=O) groups excluding carboxylic acids is 2. The number of para-hydroxylation sites is 1. The normalized spacial score (nSPS) is 10.0. The summed E-state index contributed by atoms with van der Waals surface area (Å²) in [6.45, 7) is 2.19. The van der Waals surface area contributed by atoms with Gasteiger partial charge < -0.3 is 16.4 Å². The van der Waals surface area contributed by atoms with Crippen LogP contribution in [0.4, 0.5) is 11.4 Å². The Labute approximate surface area is 129 Å². The molecule has 0 aliphatic rings. The van der Waals surface area contributed by atoms with Crippen LogP contribution in [0, 0.1) is 0 Å². The first-order valence-corrected chi connectivity index (χ1v) is 7.11. The number of primary amides is 1. The third-order valence-corrected chi connectivity index (χ3v) is 3.29. The van der Waals surface area contributed by atoms with Crippen molar-refractivity contribution in [1.82, 2.24) is 0 Å². The van der Waals surface area contributed by atoms with E-state index in [0.717, 1.165) is 23.4 Å². The number of amides is 2. The van der Waals surface area contributed by atoms with Crippen molar-refractivity contribution in [3.63, 3.8) is 0 Å². The second kappa shape index (κ2) is 7.26. The van der Waals surface area contributed by atoms with Crippen LogP contribution in [0.2, 0.25) is 0 Å². The molecule has 2 aromatic carbocycles. The van der Waals surface area contributed by atoms with Crippen molar-refractivity contribution >= 4 is 23.2 Å². The Morgan fingerprint density at radius 3 is 2.36 bits per heavy atom. The molecule has 0 aliphatic carbocycles. The lowest BCUT2D eigenvalue weighted by molar-refractivity contribution is -0.114. The number of benzene rings is 2. The van der Waals surface area contributed by atoms with Gasteiger partial charge in [0, 0.05) is 16.9 Å². The maximum absolute atomic E-state index is 12.0. The van der Waals surface area contributed by atoms with E-state index in [2.05, 4.69) is 10.6 Å². The Hall–Kier alpha value is -2.82. The van der Waals surface area contributed by atoms with Crippen LogP contribution in [0.25, 0.3) is 0 Å². The Kier molecular flexibility index (Phi) is 5.14. The van der Waals surface area contributed by atoms with Crippen molar-refractivity contribution in [2.24, 2.45) is 5.73 Å². The zero-order valence-corrected chi connectivity index (χ0v) is 12.4. The molecule has 0 spiro atoms. The van der Waals surface area contributed by atoms with Gasteiger partial charge in [0.1, 0.15) is 0 Å². The third kappa shape index (κ3) is 4.09. The van der Waals surface area contributed by atoms with Gasteiger partial charge in [-0.3, -0.25) is 9.59 Å². The van der Waals surface area contributed by atoms with Crippen LogP contribution in [-0.4, -0.2) is 18.4 Å². The molecule has 0 aromatic heterocycles. The Bertz CT molecular complexity index is 666. The highest BCUT2D eigenvalue weighted by atomic mass is 16.2. The maximum Gasteiger partial charge on any atom is 0.248 e. The first-order valence-electron chi connectivity index (χ1n) is 7.11. The fraction of sp³-hybridized carbons (Fsp3) is 0.176. The first kappa shape index (κ1) is 15.6. The van der Waals surface area contributed by atoms with E-state index in [0.29, 0.717) is 5.56 Å². The lowest BCUT2D eigenvalue weighted by Gasteiger charge is -2.11. The fourth-order valence-electron chi connectivity index (χ4n) is 2.08. The van der Waals surface area contributed by atoms with Crippen molar-refractivity contribution in [2.75, 3.05) is 17.2 Å². The zero-order chi connectivity index (χ0) is 15.9. The summed E-state index contributed by atoms with van der Waals surface area (Å²) in [6.07, 6.45) is 0.860. The molecule has 0 bridgehead atoms. The van der Waals surface area contributed by atoms with Crippen molar-refractivity contribution in [2.45, 2.75) is 13.3 Å². The van der Waals surface area contributed by atoms with Crippen molar-refractivity contribution in [1.29, 1.82) is 0 Å². The standard InChI is InChI=1S/C17H19N3O2/c1-2-12-5-3-4-6-15(12)20-16(21)11-19-14-9-7-13(8-10-14)17(18)22/h3-10,19H,2,11H2,1H3,(H2,18,22)(H,20,21). The molecular weight excluding hydrogens is 278 g/mol. The molecule has 0 heterocycles. The summed E-state index contributed by atoms with van der Waals surface area (Å²) in [4.78, 5) is 23.0. The molecule has 0 saturated carbocycles. The van der Waals surface area contributed by atoms with Gasteiger partial charge >= 0.3 is 0 Å². The van der Waals surface area contributed by atoms with Gasteiger partial charge in [0.05, 0.1) is 6.54 Å². The summed E-state index contributed by atoms with van der Waals surface area (Å²) in [7, 11) is 0. The van der Waals surface area contributed by atoms with E-state index in [1.165, 1.54) is 0 Å². The molecule has 2 amide bonds. The van der Waals surface area contributed by atoms with Crippen LogP contribution in [0.15, 0.2) is 48.5 Å². The quantitative estimate of drug-likeness (QED) is 0.765. The summed E-state index contributed by atoms with van der Waals surface area (Å²) < 4.78 is 0. The smallest absolute Gasteiger partial charge is 0.248 e. The van der Waals surface area contributed by atoms with E-state index in [1.54, 1.807) is 24.3 Å². The number of aryl methyl sites for hydroxylation is 1. The van der Waals surface area contributed by atoms with Crippen molar-refractivity contribution in [3.8, 4) is 0 Å². The highest BCUT2D eigenvalue weighted by Crippen LogP contribution is 2.15. The SMILES string of the molecule is CCc1ccccc1NC(=O)CNc1ccc(C(N)=O)cc1. The molecule has 22 heavy (non-hydrogen) atoms. The summed E-state index contributed by atoms with van der Waals surface area (Å²) in [5.41, 5.74) is 8.30. The molecule has 2 aromatic rings. The number of anilines is 2. The average Bonchev–Trinajstić information content (AvgIpc) is 2.54. The van der Waals surface area contributed by atoms with E-state index in [4.69, 9.17) is 5.73 Å². The van der Waals surface area contributed by atoms with Crippen LogP contribution in [0.3, 0.4) is 0 Å². The van der Waals surface area contributed by atoms with Crippen molar-refractivity contribution in [3.05, 3.63) is 59.7 Å². The molecule has 0 radical (unpaired) electrons. The van der Waals surface area contributed by atoms with E-state index < -0.39 is 5.91 Å². The van der Waals surface area contributed by atoms with E-state index in [1.807, 2.05) is 31.2 Å². The van der Waals surface area contributed by atoms with Gasteiger partial charge in [0.25, 0.3) is 0 Å². The number of nitrogens with one attached hydrogen (secondary N) is 2. The summed E-state index contributed by atoms with van der Waals surface area (Å²) in [6, 6.07) is 14.4. The zero-order valence-electron chi connectivity index (χ0n) is 12.4. The molecular formula is C17H19N3O2. The Balaban J connectivity index is 1.91. The monoisotopic (exact) mass is 297 g/mol. The van der Waals surface area contributed by atoms with Crippen LogP contribution < -0.4 is 16.4 Å². The lowest BCUT2D eigenvalue weighted by atomic mass is 10.1. The second-order valence-electron chi connectivity index (χ2n) is 4.85. The predicted molar refractivity (Wildman–Crippen MR) is 87.9 cm³/mol. The molecule has 0 aliphatic heterocycles. The van der Waals surface area contributed by atoms with E-state index in [-0.39, 0.29) is 12.5 Å². The van der Waals surface area contributed by atoms with Gasteiger partial charge in [-0.2, -0.15) is 0 Å². The van der Waals surface area contributed by atoms with Gasteiger partial charge in [0.15, 0.2) is 0 Å². The molecule has 0 fully saturated rings. The molecule has 0 atom stereocenters. The molecule has 5 nitrogen and oxygen atoms in total. The third-order valence-electron chi connectivity index (χ3n) is 3.29. The lowest BCUT2D eigenvalue weighted by Crippen LogP contribution is -2.22.